The smallest absolute Gasteiger partial charge is 0.224 e. The maximum atomic E-state index is 12.0. The summed E-state index contributed by atoms with van der Waals surface area (Å²) in [5.41, 5.74) is 1.58. The van der Waals surface area contributed by atoms with Gasteiger partial charge in [0.15, 0.2) is 5.65 Å². The van der Waals surface area contributed by atoms with Crippen LogP contribution in [0.2, 0.25) is 0 Å². The van der Waals surface area contributed by atoms with Crippen molar-refractivity contribution >= 4 is 17.2 Å². The largest absolute Gasteiger partial charge is 0.325 e. The molecule has 0 spiro atoms. The Bertz CT molecular complexity index is 628. The molecule has 2 aromatic heterocycles. The Morgan fingerprint density at radius 3 is 2.95 bits per heavy atom. The fourth-order valence-corrected chi connectivity index (χ4v) is 3.10. The van der Waals surface area contributed by atoms with Crippen LogP contribution in [0.25, 0.3) is 5.65 Å². The zero-order chi connectivity index (χ0) is 14.7. The quantitative estimate of drug-likeness (QED) is 0.937. The van der Waals surface area contributed by atoms with Gasteiger partial charge >= 0.3 is 0 Å². The highest BCUT2D eigenvalue weighted by molar-refractivity contribution is 5.90. The first-order valence-corrected chi connectivity index (χ1v) is 7.83. The van der Waals surface area contributed by atoms with Gasteiger partial charge in [-0.25, -0.2) is 9.50 Å². The van der Waals surface area contributed by atoms with E-state index in [1.54, 1.807) is 4.52 Å². The summed E-state index contributed by atoms with van der Waals surface area (Å²) in [5, 5.41) is 7.21. The van der Waals surface area contributed by atoms with Gasteiger partial charge in [0.05, 0.1) is 11.9 Å². The number of carbonyl (C=O) groups is 1. The summed E-state index contributed by atoms with van der Waals surface area (Å²) in [4.78, 5) is 16.3. The number of carbonyl (C=O) groups excluding carboxylic acids is 1. The number of aryl methyl sites for hydroxylation is 1. The number of hydrogen-bond donors (Lipinski definition) is 1. The lowest BCUT2D eigenvalue weighted by atomic mass is 9.86. The molecule has 2 heterocycles. The van der Waals surface area contributed by atoms with Crippen LogP contribution in [-0.2, 0) is 4.79 Å². The Morgan fingerprint density at radius 2 is 2.14 bits per heavy atom. The Morgan fingerprint density at radius 1 is 1.33 bits per heavy atom. The molecule has 2 aromatic rings. The summed E-state index contributed by atoms with van der Waals surface area (Å²) < 4.78 is 1.70. The molecule has 0 aromatic carbocycles. The lowest BCUT2D eigenvalue weighted by molar-refractivity contribution is -0.116. The Kier molecular flexibility index (Phi) is 4.18. The Balaban J connectivity index is 1.55. The van der Waals surface area contributed by atoms with Gasteiger partial charge in [-0.1, -0.05) is 32.1 Å². The fourth-order valence-electron chi connectivity index (χ4n) is 3.10. The third kappa shape index (κ3) is 3.60. The number of hydrogen-bond acceptors (Lipinski definition) is 3. The third-order valence-electron chi connectivity index (χ3n) is 4.23. The van der Waals surface area contributed by atoms with E-state index < -0.39 is 0 Å². The van der Waals surface area contributed by atoms with E-state index in [9.17, 15) is 4.79 Å². The van der Waals surface area contributed by atoms with Crippen molar-refractivity contribution in [3.8, 4) is 0 Å². The SMILES string of the molecule is Cc1nc2ccc(NC(=O)CCC3CCCCC3)cn2n1. The number of rotatable bonds is 4. The highest BCUT2D eigenvalue weighted by atomic mass is 16.1. The maximum Gasteiger partial charge on any atom is 0.224 e. The van der Waals surface area contributed by atoms with Crippen molar-refractivity contribution < 1.29 is 4.79 Å². The van der Waals surface area contributed by atoms with Crippen LogP contribution < -0.4 is 5.32 Å². The van der Waals surface area contributed by atoms with E-state index in [0.29, 0.717) is 6.42 Å². The number of aromatic nitrogens is 3. The standard InChI is InChI=1S/C16H22N4O/c1-12-17-15-9-8-14(11-20(15)19-12)18-16(21)10-7-13-5-3-2-4-6-13/h8-9,11,13H,2-7,10H2,1H3,(H,18,21). The molecule has 5 heteroatoms. The van der Waals surface area contributed by atoms with E-state index in [2.05, 4.69) is 15.4 Å². The molecule has 3 rings (SSSR count). The van der Waals surface area contributed by atoms with Crippen LogP contribution in [-0.4, -0.2) is 20.5 Å². The number of anilines is 1. The molecular formula is C16H22N4O. The molecule has 1 aliphatic carbocycles. The lowest BCUT2D eigenvalue weighted by Gasteiger charge is -2.20. The van der Waals surface area contributed by atoms with Crippen LogP contribution in [0.15, 0.2) is 18.3 Å². The molecule has 1 fully saturated rings. The molecule has 1 saturated carbocycles. The summed E-state index contributed by atoms with van der Waals surface area (Å²) in [6.07, 6.45) is 10.0. The monoisotopic (exact) mass is 286 g/mol. The van der Waals surface area contributed by atoms with Gasteiger partial charge < -0.3 is 5.32 Å². The Labute approximate surface area is 124 Å². The average Bonchev–Trinajstić information content (AvgIpc) is 2.85. The molecule has 21 heavy (non-hydrogen) atoms. The minimum atomic E-state index is 0.0942. The lowest BCUT2D eigenvalue weighted by Crippen LogP contribution is -2.15. The molecule has 0 atom stereocenters. The number of nitrogens with zero attached hydrogens (tertiary/aromatic N) is 3. The second kappa shape index (κ2) is 6.24. The number of amides is 1. The van der Waals surface area contributed by atoms with Crippen LogP contribution >= 0.6 is 0 Å². The van der Waals surface area contributed by atoms with Crippen molar-refractivity contribution in [2.45, 2.75) is 51.9 Å². The fraction of sp³-hybridized carbons (Fsp3) is 0.562. The number of pyridine rings is 1. The average molecular weight is 286 g/mol. The molecule has 1 N–H and O–H groups in total. The molecule has 0 aliphatic heterocycles. The second-order valence-electron chi connectivity index (χ2n) is 5.97. The first-order valence-electron chi connectivity index (χ1n) is 7.83. The van der Waals surface area contributed by atoms with Crippen LogP contribution in [0.3, 0.4) is 0 Å². The van der Waals surface area contributed by atoms with Gasteiger partial charge in [-0.05, 0) is 31.4 Å². The number of nitrogens with one attached hydrogen (secondary N) is 1. The highest BCUT2D eigenvalue weighted by Gasteiger charge is 2.15. The molecule has 0 bridgehead atoms. The minimum Gasteiger partial charge on any atom is -0.325 e. The predicted octanol–water partition coefficient (Wildman–Crippen LogP) is 3.34. The second-order valence-corrected chi connectivity index (χ2v) is 5.97. The third-order valence-corrected chi connectivity index (χ3v) is 4.23. The van der Waals surface area contributed by atoms with Crippen molar-refractivity contribution in [3.05, 3.63) is 24.2 Å². The summed E-state index contributed by atoms with van der Waals surface area (Å²) >= 11 is 0. The molecule has 5 nitrogen and oxygen atoms in total. The van der Waals surface area contributed by atoms with Crippen LogP contribution in [0.1, 0.15) is 50.8 Å². The van der Waals surface area contributed by atoms with Crippen LogP contribution in [0, 0.1) is 12.8 Å². The topological polar surface area (TPSA) is 59.3 Å². The summed E-state index contributed by atoms with van der Waals surface area (Å²) in [6.45, 7) is 1.86. The van der Waals surface area contributed by atoms with Gasteiger partial charge in [0, 0.05) is 6.42 Å². The van der Waals surface area contributed by atoms with Gasteiger partial charge in [0.1, 0.15) is 5.82 Å². The van der Waals surface area contributed by atoms with E-state index in [4.69, 9.17) is 0 Å². The summed E-state index contributed by atoms with van der Waals surface area (Å²) in [5.74, 6) is 1.57. The first kappa shape index (κ1) is 14.0. The number of fused-ring (bicyclic) bond motifs is 1. The highest BCUT2D eigenvalue weighted by Crippen LogP contribution is 2.27. The van der Waals surface area contributed by atoms with Crippen LogP contribution in [0.4, 0.5) is 5.69 Å². The summed E-state index contributed by atoms with van der Waals surface area (Å²) in [6, 6.07) is 3.75. The normalized spacial score (nSPS) is 16.2. The molecule has 112 valence electrons. The molecule has 0 unspecified atom stereocenters. The first-order chi connectivity index (χ1) is 10.2. The van der Waals surface area contributed by atoms with Gasteiger partial charge in [0.2, 0.25) is 5.91 Å². The molecular weight excluding hydrogens is 264 g/mol. The Hall–Kier alpha value is -1.91. The zero-order valence-electron chi connectivity index (χ0n) is 12.5. The van der Waals surface area contributed by atoms with E-state index in [-0.39, 0.29) is 5.91 Å². The van der Waals surface area contributed by atoms with E-state index in [0.717, 1.165) is 29.5 Å². The van der Waals surface area contributed by atoms with Gasteiger partial charge in [-0.15, -0.1) is 0 Å². The molecule has 0 radical (unpaired) electrons. The maximum absolute atomic E-state index is 12.0. The van der Waals surface area contributed by atoms with E-state index in [1.807, 2.05) is 25.3 Å². The minimum absolute atomic E-state index is 0.0942. The molecule has 1 aliphatic rings. The van der Waals surface area contributed by atoms with Crippen molar-refractivity contribution in [2.24, 2.45) is 5.92 Å². The van der Waals surface area contributed by atoms with Crippen molar-refractivity contribution in [1.82, 2.24) is 14.6 Å². The van der Waals surface area contributed by atoms with E-state index >= 15 is 0 Å². The van der Waals surface area contributed by atoms with Gasteiger partial charge in [0.25, 0.3) is 0 Å². The van der Waals surface area contributed by atoms with Gasteiger partial charge in [-0.2, -0.15) is 5.10 Å². The van der Waals surface area contributed by atoms with Crippen molar-refractivity contribution in [1.29, 1.82) is 0 Å². The van der Waals surface area contributed by atoms with Crippen molar-refractivity contribution in [2.75, 3.05) is 5.32 Å². The zero-order valence-corrected chi connectivity index (χ0v) is 12.5. The molecule has 1 amide bonds. The molecule has 0 saturated heterocycles. The van der Waals surface area contributed by atoms with E-state index in [1.165, 1.54) is 32.1 Å². The van der Waals surface area contributed by atoms with Crippen LogP contribution in [0.5, 0.6) is 0 Å². The van der Waals surface area contributed by atoms with Crippen molar-refractivity contribution in [3.63, 3.8) is 0 Å². The van der Waals surface area contributed by atoms with Gasteiger partial charge in [-0.3, -0.25) is 4.79 Å². The predicted molar refractivity (Wildman–Crippen MR) is 82.2 cm³/mol. The summed E-state index contributed by atoms with van der Waals surface area (Å²) in [7, 11) is 0.